The minimum Gasteiger partial charge on any atom is -0.315 e. The molecule has 11 heavy (non-hydrogen) atoms. The second-order valence-electron chi connectivity index (χ2n) is 2.06. The molecule has 56 valence electrons. The zero-order chi connectivity index (χ0) is 7.84. The maximum Gasteiger partial charge on any atom is 0.274 e. The number of hydrogen-bond donors (Lipinski definition) is 3. The fraction of sp³-hybridized carbons (Fsp3) is 0. The standard InChI is InChI=1S/C5H4N4OS/c10-4-2-1-6-5(11)7-3(2)8-9-4/h1H,(H3,6,7,8,9,10,11). The summed E-state index contributed by atoms with van der Waals surface area (Å²) in [6.45, 7) is 0. The third-order valence-electron chi connectivity index (χ3n) is 1.36. The Morgan fingerprint density at radius 2 is 2.27 bits per heavy atom. The first-order valence-corrected chi connectivity index (χ1v) is 3.34. The Balaban J connectivity index is 3.08. The maximum absolute atomic E-state index is 10.9. The zero-order valence-corrected chi connectivity index (χ0v) is 6.16. The molecule has 0 saturated carbocycles. The van der Waals surface area contributed by atoms with Crippen LogP contribution in [0.4, 0.5) is 0 Å². The van der Waals surface area contributed by atoms with Gasteiger partial charge in [-0.2, -0.15) is 0 Å². The van der Waals surface area contributed by atoms with E-state index in [2.05, 4.69) is 20.2 Å². The minimum atomic E-state index is -0.196. The van der Waals surface area contributed by atoms with Crippen LogP contribution in [0.3, 0.4) is 0 Å². The van der Waals surface area contributed by atoms with Crippen molar-refractivity contribution < 1.29 is 0 Å². The van der Waals surface area contributed by atoms with E-state index >= 15 is 0 Å². The molecule has 0 aliphatic heterocycles. The van der Waals surface area contributed by atoms with Crippen molar-refractivity contribution in [3.63, 3.8) is 0 Å². The Bertz CT molecular complexity index is 493. The molecule has 2 aromatic rings. The SMILES string of the molecule is O=c1[nH][nH]c2[nH]c(=S)ncc12. The molecule has 2 rings (SSSR count). The Morgan fingerprint density at radius 1 is 1.45 bits per heavy atom. The van der Waals surface area contributed by atoms with Gasteiger partial charge in [0.15, 0.2) is 4.77 Å². The lowest BCUT2D eigenvalue weighted by Gasteiger charge is -1.84. The number of rotatable bonds is 0. The van der Waals surface area contributed by atoms with E-state index in [1.807, 2.05) is 0 Å². The third kappa shape index (κ3) is 0.874. The van der Waals surface area contributed by atoms with Crippen molar-refractivity contribution in [3.05, 3.63) is 21.3 Å². The van der Waals surface area contributed by atoms with Crippen LogP contribution in [0.5, 0.6) is 0 Å². The molecular weight excluding hydrogens is 164 g/mol. The van der Waals surface area contributed by atoms with Gasteiger partial charge in [0.1, 0.15) is 11.0 Å². The summed E-state index contributed by atoms with van der Waals surface area (Å²) in [5.74, 6) is 0. The Labute approximate surface area is 65.5 Å². The first-order valence-electron chi connectivity index (χ1n) is 2.93. The van der Waals surface area contributed by atoms with E-state index in [0.29, 0.717) is 15.8 Å². The van der Waals surface area contributed by atoms with Crippen LogP contribution >= 0.6 is 12.2 Å². The number of H-pyrrole nitrogens is 3. The second kappa shape index (κ2) is 2.03. The van der Waals surface area contributed by atoms with Gasteiger partial charge in [0.2, 0.25) is 0 Å². The van der Waals surface area contributed by atoms with Crippen molar-refractivity contribution in [1.82, 2.24) is 20.2 Å². The minimum absolute atomic E-state index is 0.196. The molecular formula is C5H4N4OS. The summed E-state index contributed by atoms with van der Waals surface area (Å²) in [4.78, 5) is 17.4. The van der Waals surface area contributed by atoms with Gasteiger partial charge in [0.05, 0.1) is 0 Å². The Hall–Kier alpha value is -1.43. The number of hydrogen-bond acceptors (Lipinski definition) is 3. The van der Waals surface area contributed by atoms with Gasteiger partial charge in [-0.05, 0) is 12.2 Å². The molecule has 0 bridgehead atoms. The lowest BCUT2D eigenvalue weighted by Crippen LogP contribution is -1.97. The van der Waals surface area contributed by atoms with Gasteiger partial charge < -0.3 is 4.98 Å². The summed E-state index contributed by atoms with van der Waals surface area (Å²) < 4.78 is 0.354. The Morgan fingerprint density at radius 3 is 3.09 bits per heavy atom. The predicted molar refractivity (Wildman–Crippen MR) is 41.9 cm³/mol. The molecule has 0 aliphatic rings. The maximum atomic E-state index is 10.9. The van der Waals surface area contributed by atoms with E-state index < -0.39 is 0 Å². The van der Waals surface area contributed by atoms with Gasteiger partial charge in [0.25, 0.3) is 5.56 Å². The van der Waals surface area contributed by atoms with Gasteiger partial charge in [-0.1, -0.05) is 0 Å². The highest BCUT2D eigenvalue weighted by Gasteiger charge is 1.98. The van der Waals surface area contributed by atoms with Crippen LogP contribution in [-0.4, -0.2) is 20.2 Å². The molecule has 6 heteroatoms. The molecule has 0 fully saturated rings. The average molecular weight is 168 g/mol. The summed E-state index contributed by atoms with van der Waals surface area (Å²) in [5.41, 5.74) is 0.383. The fourth-order valence-corrected chi connectivity index (χ4v) is 1.01. The quantitative estimate of drug-likeness (QED) is 0.495. The number of aromatic amines is 3. The van der Waals surface area contributed by atoms with Crippen LogP contribution in [0.15, 0.2) is 11.0 Å². The topological polar surface area (TPSA) is 77.3 Å². The van der Waals surface area contributed by atoms with Crippen molar-refractivity contribution in [2.75, 3.05) is 0 Å². The molecule has 3 N–H and O–H groups in total. The summed E-state index contributed by atoms with van der Waals surface area (Å²) in [7, 11) is 0. The first-order chi connectivity index (χ1) is 5.27. The number of fused-ring (bicyclic) bond motifs is 1. The molecule has 0 radical (unpaired) electrons. The molecule has 0 amide bonds. The summed E-state index contributed by atoms with van der Waals surface area (Å²) in [6, 6.07) is 0. The highest BCUT2D eigenvalue weighted by atomic mass is 32.1. The van der Waals surface area contributed by atoms with Crippen molar-refractivity contribution >= 4 is 23.3 Å². The van der Waals surface area contributed by atoms with Gasteiger partial charge in [-0.25, -0.2) is 4.98 Å². The first kappa shape index (κ1) is 6.29. The summed E-state index contributed by atoms with van der Waals surface area (Å²) in [6.07, 6.45) is 1.43. The van der Waals surface area contributed by atoms with Gasteiger partial charge in [0, 0.05) is 6.20 Å². The highest BCUT2D eigenvalue weighted by Crippen LogP contribution is 1.97. The van der Waals surface area contributed by atoms with E-state index in [-0.39, 0.29) is 5.56 Å². The van der Waals surface area contributed by atoms with E-state index in [0.717, 1.165) is 0 Å². The molecule has 0 aromatic carbocycles. The number of nitrogens with zero attached hydrogens (tertiary/aromatic N) is 1. The smallest absolute Gasteiger partial charge is 0.274 e. The molecule has 0 spiro atoms. The molecule has 0 saturated heterocycles. The van der Waals surface area contributed by atoms with Crippen molar-refractivity contribution in [3.8, 4) is 0 Å². The van der Waals surface area contributed by atoms with Crippen LogP contribution in [0.2, 0.25) is 0 Å². The van der Waals surface area contributed by atoms with Crippen LogP contribution in [0.1, 0.15) is 0 Å². The van der Waals surface area contributed by atoms with Crippen LogP contribution in [0.25, 0.3) is 11.0 Å². The molecule has 0 aliphatic carbocycles. The normalized spacial score (nSPS) is 10.5. The summed E-state index contributed by atoms with van der Waals surface area (Å²) in [5, 5.41) is 5.52. The number of nitrogens with one attached hydrogen (secondary N) is 3. The largest absolute Gasteiger partial charge is 0.315 e. The third-order valence-corrected chi connectivity index (χ3v) is 1.57. The second-order valence-corrected chi connectivity index (χ2v) is 2.44. The lowest BCUT2D eigenvalue weighted by atomic mass is 10.4. The molecule has 2 aromatic heterocycles. The van der Waals surface area contributed by atoms with E-state index in [9.17, 15) is 4.79 Å². The van der Waals surface area contributed by atoms with Crippen molar-refractivity contribution in [2.45, 2.75) is 0 Å². The zero-order valence-electron chi connectivity index (χ0n) is 5.34. The van der Waals surface area contributed by atoms with Gasteiger partial charge >= 0.3 is 0 Å². The van der Waals surface area contributed by atoms with Crippen LogP contribution < -0.4 is 5.56 Å². The van der Waals surface area contributed by atoms with Crippen LogP contribution in [0, 0.1) is 4.77 Å². The molecule has 0 unspecified atom stereocenters. The summed E-state index contributed by atoms with van der Waals surface area (Å²) >= 11 is 4.75. The lowest BCUT2D eigenvalue weighted by molar-refractivity contribution is 1.06. The fourth-order valence-electron chi connectivity index (χ4n) is 0.852. The van der Waals surface area contributed by atoms with E-state index in [1.54, 1.807) is 0 Å². The average Bonchev–Trinajstić information content (AvgIpc) is 2.32. The predicted octanol–water partition coefficient (Wildman–Crippen LogP) is 0.309. The van der Waals surface area contributed by atoms with E-state index in [4.69, 9.17) is 12.2 Å². The Kier molecular flexibility index (Phi) is 1.16. The van der Waals surface area contributed by atoms with Gasteiger partial charge in [-0.3, -0.25) is 15.0 Å². The number of aromatic nitrogens is 4. The monoisotopic (exact) mass is 168 g/mol. The van der Waals surface area contributed by atoms with Crippen molar-refractivity contribution in [2.24, 2.45) is 0 Å². The highest BCUT2D eigenvalue weighted by molar-refractivity contribution is 7.71. The molecule has 0 atom stereocenters. The van der Waals surface area contributed by atoms with E-state index in [1.165, 1.54) is 6.20 Å². The van der Waals surface area contributed by atoms with Crippen molar-refractivity contribution in [1.29, 1.82) is 0 Å². The van der Waals surface area contributed by atoms with Crippen LogP contribution in [-0.2, 0) is 0 Å². The molecule has 2 heterocycles. The van der Waals surface area contributed by atoms with Gasteiger partial charge in [-0.15, -0.1) is 0 Å². The molecule has 5 nitrogen and oxygen atoms in total.